The second-order valence-corrected chi connectivity index (χ2v) is 8.18. The Labute approximate surface area is 192 Å². The Balaban J connectivity index is 1.86. The molecular formula is C27H25NO5. The first-order chi connectivity index (χ1) is 15.8. The average molecular weight is 443 g/mol. The lowest BCUT2D eigenvalue weighted by Gasteiger charge is -2.26. The SMILES string of the molecule is COc1ccc(/C(O)=C2\C(=O)C(=O)N(Cc3cc(C)ccc3C)C2c2ccc(O)cc2)cc1. The first-order valence-corrected chi connectivity index (χ1v) is 10.6. The number of aliphatic hydroxyl groups excluding tert-OH is 1. The van der Waals surface area contributed by atoms with E-state index in [0.29, 0.717) is 16.9 Å². The number of ether oxygens (including phenoxy) is 1. The number of carbonyl (C=O) groups is 2. The van der Waals surface area contributed by atoms with E-state index in [-0.39, 0.29) is 23.6 Å². The normalized spacial score (nSPS) is 17.4. The lowest BCUT2D eigenvalue weighted by Crippen LogP contribution is -2.29. The fourth-order valence-corrected chi connectivity index (χ4v) is 4.10. The van der Waals surface area contributed by atoms with Crippen molar-refractivity contribution in [2.45, 2.75) is 26.4 Å². The molecule has 1 heterocycles. The van der Waals surface area contributed by atoms with Gasteiger partial charge in [-0.3, -0.25) is 9.59 Å². The highest BCUT2D eigenvalue weighted by Crippen LogP contribution is 2.41. The lowest BCUT2D eigenvalue weighted by atomic mass is 9.95. The van der Waals surface area contributed by atoms with Crippen LogP contribution in [0.1, 0.15) is 33.9 Å². The van der Waals surface area contributed by atoms with Crippen molar-refractivity contribution < 1.29 is 24.5 Å². The first kappa shape index (κ1) is 22.1. The predicted molar refractivity (Wildman–Crippen MR) is 125 cm³/mol. The van der Waals surface area contributed by atoms with Gasteiger partial charge in [-0.25, -0.2) is 0 Å². The molecule has 168 valence electrons. The summed E-state index contributed by atoms with van der Waals surface area (Å²) in [6, 6.07) is 18.1. The van der Waals surface area contributed by atoms with Crippen LogP contribution in [0.4, 0.5) is 0 Å². The number of methoxy groups -OCH3 is 1. The van der Waals surface area contributed by atoms with Gasteiger partial charge in [-0.05, 0) is 66.9 Å². The standard InChI is InChI=1S/C27H25NO5/c1-16-4-5-17(2)20(14-16)15-28-24(18-6-10-21(29)11-7-18)23(26(31)27(28)32)25(30)19-8-12-22(33-3)13-9-19/h4-14,24,29-30H,15H2,1-3H3/b25-23+. The number of nitrogens with zero attached hydrogens (tertiary/aromatic N) is 1. The molecule has 1 unspecified atom stereocenters. The number of hydrogen-bond donors (Lipinski definition) is 2. The van der Waals surface area contributed by atoms with Crippen molar-refractivity contribution in [1.29, 1.82) is 0 Å². The third-order valence-electron chi connectivity index (χ3n) is 5.96. The van der Waals surface area contributed by atoms with Gasteiger partial charge in [0.2, 0.25) is 0 Å². The van der Waals surface area contributed by atoms with Gasteiger partial charge in [0.15, 0.2) is 0 Å². The van der Waals surface area contributed by atoms with Crippen LogP contribution in [0.2, 0.25) is 0 Å². The summed E-state index contributed by atoms with van der Waals surface area (Å²) in [6.07, 6.45) is 0. The second kappa shape index (κ2) is 8.82. The van der Waals surface area contributed by atoms with Crippen LogP contribution in [0.25, 0.3) is 5.76 Å². The second-order valence-electron chi connectivity index (χ2n) is 8.18. The van der Waals surface area contributed by atoms with Crippen molar-refractivity contribution in [3.8, 4) is 11.5 Å². The van der Waals surface area contributed by atoms with E-state index in [1.54, 1.807) is 43.5 Å². The number of phenols is 1. The number of ketones is 1. The van der Waals surface area contributed by atoms with Gasteiger partial charge in [0.05, 0.1) is 18.7 Å². The third-order valence-corrected chi connectivity index (χ3v) is 5.96. The van der Waals surface area contributed by atoms with Crippen LogP contribution in [0.15, 0.2) is 72.3 Å². The predicted octanol–water partition coefficient (Wildman–Crippen LogP) is 4.64. The fourth-order valence-electron chi connectivity index (χ4n) is 4.10. The summed E-state index contributed by atoms with van der Waals surface area (Å²) >= 11 is 0. The fraction of sp³-hybridized carbons (Fsp3) is 0.185. The highest BCUT2D eigenvalue weighted by Gasteiger charge is 2.46. The molecule has 0 spiro atoms. The van der Waals surface area contributed by atoms with E-state index in [4.69, 9.17) is 4.74 Å². The highest BCUT2D eigenvalue weighted by molar-refractivity contribution is 6.46. The van der Waals surface area contributed by atoms with Crippen molar-refractivity contribution in [2.24, 2.45) is 0 Å². The monoisotopic (exact) mass is 443 g/mol. The quantitative estimate of drug-likeness (QED) is 0.341. The third kappa shape index (κ3) is 4.20. The molecule has 1 atom stereocenters. The lowest BCUT2D eigenvalue weighted by molar-refractivity contribution is -0.140. The molecule has 2 N–H and O–H groups in total. The molecule has 33 heavy (non-hydrogen) atoms. The van der Waals surface area contributed by atoms with Gasteiger partial charge >= 0.3 is 0 Å². The molecule has 6 nitrogen and oxygen atoms in total. The molecule has 1 aliphatic heterocycles. The number of amides is 1. The van der Waals surface area contributed by atoms with E-state index >= 15 is 0 Å². The first-order valence-electron chi connectivity index (χ1n) is 10.6. The summed E-state index contributed by atoms with van der Waals surface area (Å²) in [7, 11) is 1.54. The Morgan fingerprint density at radius 2 is 1.64 bits per heavy atom. The van der Waals surface area contributed by atoms with Gasteiger partial charge < -0.3 is 19.8 Å². The minimum absolute atomic E-state index is 0.0150. The van der Waals surface area contributed by atoms with Crippen LogP contribution in [-0.2, 0) is 16.1 Å². The molecule has 4 rings (SSSR count). The van der Waals surface area contributed by atoms with E-state index in [9.17, 15) is 19.8 Å². The number of aliphatic hydroxyl groups is 1. The number of aromatic hydroxyl groups is 1. The Kier molecular flexibility index (Phi) is 5.92. The highest BCUT2D eigenvalue weighted by atomic mass is 16.5. The smallest absolute Gasteiger partial charge is 0.295 e. The van der Waals surface area contributed by atoms with Gasteiger partial charge in [-0.2, -0.15) is 0 Å². The number of carbonyl (C=O) groups excluding carboxylic acids is 2. The average Bonchev–Trinajstić information content (AvgIpc) is 3.06. The molecule has 0 radical (unpaired) electrons. The van der Waals surface area contributed by atoms with Crippen LogP contribution >= 0.6 is 0 Å². The Bertz CT molecular complexity index is 1240. The van der Waals surface area contributed by atoms with E-state index in [2.05, 4.69) is 0 Å². The van der Waals surface area contributed by atoms with Crippen LogP contribution in [0.5, 0.6) is 11.5 Å². The number of hydrogen-bond acceptors (Lipinski definition) is 5. The Morgan fingerprint density at radius 1 is 0.970 bits per heavy atom. The molecule has 0 saturated carbocycles. The van der Waals surface area contributed by atoms with Crippen molar-refractivity contribution in [2.75, 3.05) is 7.11 Å². The van der Waals surface area contributed by atoms with Gasteiger partial charge in [0.25, 0.3) is 11.7 Å². The zero-order chi connectivity index (χ0) is 23.7. The molecule has 3 aromatic rings. The molecule has 1 amide bonds. The number of likely N-dealkylation sites (tertiary alicyclic amines) is 1. The van der Waals surface area contributed by atoms with Gasteiger partial charge in [0.1, 0.15) is 17.3 Å². The van der Waals surface area contributed by atoms with E-state index in [0.717, 1.165) is 16.7 Å². The molecule has 1 fully saturated rings. The van der Waals surface area contributed by atoms with Gasteiger partial charge in [-0.15, -0.1) is 0 Å². The van der Waals surface area contributed by atoms with Crippen LogP contribution < -0.4 is 4.74 Å². The summed E-state index contributed by atoms with van der Waals surface area (Å²) in [4.78, 5) is 27.8. The topological polar surface area (TPSA) is 87.1 Å². The minimum atomic E-state index is -0.799. The largest absolute Gasteiger partial charge is 0.508 e. The zero-order valence-corrected chi connectivity index (χ0v) is 18.7. The van der Waals surface area contributed by atoms with E-state index in [1.807, 2.05) is 32.0 Å². The van der Waals surface area contributed by atoms with Gasteiger partial charge in [0, 0.05) is 12.1 Å². The molecule has 1 saturated heterocycles. The number of benzene rings is 3. The van der Waals surface area contributed by atoms with E-state index < -0.39 is 17.7 Å². The molecule has 3 aromatic carbocycles. The van der Waals surface area contributed by atoms with Gasteiger partial charge in [-0.1, -0.05) is 35.9 Å². The summed E-state index contributed by atoms with van der Waals surface area (Å²) in [5.41, 5.74) is 4.01. The van der Waals surface area contributed by atoms with Crippen molar-refractivity contribution in [3.63, 3.8) is 0 Å². The molecular weight excluding hydrogens is 418 g/mol. The molecule has 6 heteroatoms. The van der Waals surface area contributed by atoms with Crippen molar-refractivity contribution in [1.82, 2.24) is 4.90 Å². The van der Waals surface area contributed by atoms with Crippen molar-refractivity contribution in [3.05, 3.63) is 100 Å². The molecule has 0 bridgehead atoms. The summed E-state index contributed by atoms with van der Waals surface area (Å²) in [5, 5.41) is 20.9. The zero-order valence-electron chi connectivity index (χ0n) is 18.7. The molecule has 1 aliphatic rings. The minimum Gasteiger partial charge on any atom is -0.508 e. The maximum atomic E-state index is 13.2. The van der Waals surface area contributed by atoms with Crippen LogP contribution in [0, 0.1) is 13.8 Å². The van der Waals surface area contributed by atoms with Crippen LogP contribution in [0.3, 0.4) is 0 Å². The number of phenolic OH excluding ortho intramolecular Hbond substituents is 1. The Hall–Kier alpha value is -4.06. The number of aryl methyl sites for hydroxylation is 2. The maximum Gasteiger partial charge on any atom is 0.295 e. The number of Topliss-reactive ketones (excluding diaryl/α,β-unsaturated/α-hetero) is 1. The number of rotatable bonds is 5. The Morgan fingerprint density at radius 3 is 2.27 bits per heavy atom. The summed E-state index contributed by atoms with van der Waals surface area (Å²) < 4.78 is 5.17. The summed E-state index contributed by atoms with van der Waals surface area (Å²) in [5.74, 6) is -0.995. The molecule has 0 aliphatic carbocycles. The van der Waals surface area contributed by atoms with Crippen molar-refractivity contribution >= 4 is 17.4 Å². The molecule has 0 aromatic heterocycles. The maximum absolute atomic E-state index is 13.2. The summed E-state index contributed by atoms with van der Waals surface area (Å²) in [6.45, 7) is 4.14. The van der Waals surface area contributed by atoms with Crippen LogP contribution in [-0.4, -0.2) is 33.9 Å². The van der Waals surface area contributed by atoms with E-state index in [1.165, 1.54) is 17.0 Å².